The Morgan fingerprint density at radius 1 is 1.20 bits per heavy atom. The van der Waals surface area contributed by atoms with E-state index >= 15 is 0 Å². The first-order valence-corrected chi connectivity index (χ1v) is 5.57. The van der Waals surface area contributed by atoms with Gasteiger partial charge in [-0.2, -0.15) is 5.26 Å². The van der Waals surface area contributed by atoms with E-state index in [9.17, 15) is 0 Å². The van der Waals surface area contributed by atoms with Gasteiger partial charge in [-0.25, -0.2) is 0 Å². The van der Waals surface area contributed by atoms with Gasteiger partial charge in [0.15, 0.2) is 48.8 Å². The second-order valence-electron chi connectivity index (χ2n) is 1.13. The van der Waals surface area contributed by atoms with Gasteiger partial charge in [0, 0.05) is 0 Å². The summed E-state index contributed by atoms with van der Waals surface area (Å²) in [7, 11) is -2.55. The maximum Gasteiger partial charge on any atom is 0.463 e. The summed E-state index contributed by atoms with van der Waals surface area (Å²) in [5.41, 5.74) is 0. The molecule has 0 fully saturated rings. The molecular weight excluding hydrogens is 357 g/mol. The van der Waals surface area contributed by atoms with Crippen LogP contribution in [0, 0.1) is 11.3 Å². The van der Waals surface area contributed by atoms with Crippen LogP contribution < -0.4 is 0 Å². The van der Waals surface area contributed by atoms with Crippen LogP contribution in [0.25, 0.3) is 0 Å². The standard InChI is InChI=1S/C2H2Br3NO3P/c3-7-10(8-4,9-5)2-1-6/h2H2/q+1. The van der Waals surface area contributed by atoms with Crippen LogP contribution in [0.1, 0.15) is 0 Å². The van der Waals surface area contributed by atoms with E-state index in [0.29, 0.717) is 0 Å². The first-order valence-electron chi connectivity index (χ1n) is 1.90. The zero-order valence-corrected chi connectivity index (χ0v) is 10.1. The van der Waals surface area contributed by atoms with E-state index in [4.69, 9.17) is 5.26 Å². The highest BCUT2D eigenvalue weighted by Gasteiger charge is 2.45. The highest BCUT2D eigenvalue weighted by atomic mass is 79.9. The van der Waals surface area contributed by atoms with Crippen molar-refractivity contribution in [1.29, 1.82) is 5.26 Å². The average molecular weight is 359 g/mol. The molecule has 0 radical (unpaired) electrons. The van der Waals surface area contributed by atoms with Gasteiger partial charge >= 0.3 is 7.94 Å². The molecule has 0 spiro atoms. The molecule has 0 atom stereocenters. The third-order valence-corrected chi connectivity index (χ3v) is 5.71. The van der Waals surface area contributed by atoms with E-state index in [1.54, 1.807) is 0 Å². The molecule has 0 aromatic carbocycles. The van der Waals surface area contributed by atoms with Crippen molar-refractivity contribution in [3.63, 3.8) is 0 Å². The minimum absolute atomic E-state index is 0.0226. The van der Waals surface area contributed by atoms with Gasteiger partial charge in [-0.3, -0.25) is 0 Å². The molecule has 0 bridgehead atoms. The van der Waals surface area contributed by atoms with Gasteiger partial charge in [0.1, 0.15) is 6.07 Å². The lowest BCUT2D eigenvalue weighted by molar-refractivity contribution is 0.465. The predicted octanol–water partition coefficient (Wildman–Crippen LogP) is 3.25. The maximum absolute atomic E-state index is 8.27. The highest BCUT2D eigenvalue weighted by molar-refractivity contribution is 9.08. The molecule has 10 heavy (non-hydrogen) atoms. The Balaban J connectivity index is 4.04. The quantitative estimate of drug-likeness (QED) is 0.724. The van der Waals surface area contributed by atoms with Gasteiger partial charge in [-0.05, 0) is 0 Å². The van der Waals surface area contributed by atoms with Crippen molar-refractivity contribution in [1.82, 2.24) is 0 Å². The summed E-state index contributed by atoms with van der Waals surface area (Å²) >= 11 is 8.05. The van der Waals surface area contributed by atoms with Crippen molar-refractivity contribution in [2.24, 2.45) is 0 Å². The number of hydrogen-bond donors (Lipinski definition) is 0. The molecule has 0 aliphatic heterocycles. The van der Waals surface area contributed by atoms with E-state index < -0.39 is 7.94 Å². The molecule has 8 heteroatoms. The summed E-state index contributed by atoms with van der Waals surface area (Å²) in [4.78, 5) is 0. The molecule has 0 aliphatic rings. The number of nitriles is 1. The molecular formula is C2H2Br3NO3P+. The van der Waals surface area contributed by atoms with Crippen molar-refractivity contribution in [2.75, 3.05) is 6.16 Å². The fourth-order valence-corrected chi connectivity index (χ4v) is 3.99. The van der Waals surface area contributed by atoms with Gasteiger partial charge in [0.25, 0.3) is 0 Å². The molecule has 0 aromatic rings. The Kier molecular flexibility index (Phi) is 6.56. The fraction of sp³-hybridized carbons (Fsp3) is 0.500. The van der Waals surface area contributed by atoms with Crippen LogP contribution in [0.4, 0.5) is 0 Å². The van der Waals surface area contributed by atoms with Crippen molar-refractivity contribution in [2.45, 2.75) is 0 Å². The SMILES string of the molecule is N#CC[P+](OBr)(OBr)OBr. The third-order valence-electron chi connectivity index (χ3n) is 0.580. The number of hydrogen-bond acceptors (Lipinski definition) is 4. The van der Waals surface area contributed by atoms with Gasteiger partial charge in [0.05, 0.1) is 0 Å². The second kappa shape index (κ2) is 5.84. The smallest absolute Gasteiger partial charge is 0.194 e. The average Bonchev–Trinajstić information content (AvgIpc) is 2.01. The number of rotatable bonds is 4. The number of halogens is 3. The molecule has 0 heterocycles. The second-order valence-corrected chi connectivity index (χ2v) is 5.69. The minimum Gasteiger partial charge on any atom is -0.194 e. The largest absolute Gasteiger partial charge is 0.463 e. The van der Waals surface area contributed by atoms with Gasteiger partial charge in [-0.15, -0.1) is 0 Å². The van der Waals surface area contributed by atoms with E-state index in [2.05, 4.69) is 59.6 Å². The summed E-state index contributed by atoms with van der Waals surface area (Å²) in [5.74, 6) is 0. The van der Waals surface area contributed by atoms with Crippen molar-refractivity contribution < 1.29 is 10.8 Å². The predicted molar refractivity (Wildman–Crippen MR) is 47.4 cm³/mol. The molecule has 0 saturated carbocycles. The summed E-state index contributed by atoms with van der Waals surface area (Å²) in [6.45, 7) is 0. The van der Waals surface area contributed by atoms with Crippen LogP contribution in [0.15, 0.2) is 0 Å². The van der Waals surface area contributed by atoms with E-state index in [0.717, 1.165) is 0 Å². The summed E-state index contributed by atoms with van der Waals surface area (Å²) in [6, 6.07) is 1.85. The van der Waals surface area contributed by atoms with Crippen LogP contribution in [-0.4, -0.2) is 6.16 Å². The van der Waals surface area contributed by atoms with Crippen molar-refractivity contribution in [3.05, 3.63) is 0 Å². The summed E-state index contributed by atoms with van der Waals surface area (Å²) < 4.78 is 13.9. The summed E-state index contributed by atoms with van der Waals surface area (Å²) in [6.07, 6.45) is 0.0226. The van der Waals surface area contributed by atoms with Gasteiger partial charge in [-0.1, -0.05) is 10.8 Å². The molecule has 0 unspecified atom stereocenters. The lowest BCUT2D eigenvalue weighted by atomic mass is 10.9. The maximum atomic E-state index is 8.27. The Labute approximate surface area is 84.8 Å². The first kappa shape index (κ1) is 11.2. The zero-order chi connectivity index (χ0) is 8.04. The monoisotopic (exact) mass is 356 g/mol. The number of nitrogens with zero attached hydrogens (tertiary/aromatic N) is 1. The molecule has 0 N–H and O–H groups in total. The molecule has 0 rings (SSSR count). The van der Waals surface area contributed by atoms with Crippen LogP contribution in [-0.2, 0) is 10.8 Å². The minimum atomic E-state index is -2.55. The molecule has 58 valence electrons. The molecule has 0 aliphatic carbocycles. The van der Waals surface area contributed by atoms with Gasteiger partial charge in [0.2, 0.25) is 6.16 Å². The topological polar surface area (TPSA) is 51.5 Å². The lowest BCUT2D eigenvalue weighted by Crippen LogP contribution is -1.95. The Hall–Kier alpha value is 1.24. The fourth-order valence-electron chi connectivity index (χ4n) is 0.192. The van der Waals surface area contributed by atoms with E-state index in [-0.39, 0.29) is 6.16 Å². The lowest BCUT2D eigenvalue weighted by Gasteiger charge is -2.06. The van der Waals surface area contributed by atoms with Crippen LogP contribution in [0.2, 0.25) is 0 Å². The molecule has 4 nitrogen and oxygen atoms in total. The molecule has 0 aromatic heterocycles. The van der Waals surface area contributed by atoms with Crippen molar-refractivity contribution >= 4 is 56.7 Å². The molecule has 0 saturated heterocycles. The van der Waals surface area contributed by atoms with Crippen LogP contribution >= 0.6 is 56.7 Å². The first-order chi connectivity index (χ1) is 4.74. The Bertz CT molecular complexity index is 126. The zero-order valence-electron chi connectivity index (χ0n) is 4.46. The molecule has 0 amide bonds. The Morgan fingerprint density at radius 2 is 1.60 bits per heavy atom. The Morgan fingerprint density at radius 3 is 1.70 bits per heavy atom. The van der Waals surface area contributed by atoms with Gasteiger partial charge < -0.3 is 0 Å². The van der Waals surface area contributed by atoms with Crippen molar-refractivity contribution in [3.8, 4) is 6.07 Å². The third kappa shape index (κ3) is 3.09. The van der Waals surface area contributed by atoms with E-state index in [1.165, 1.54) is 0 Å². The van der Waals surface area contributed by atoms with Crippen LogP contribution in [0.3, 0.4) is 0 Å². The normalized spacial score (nSPS) is 11.0. The highest BCUT2D eigenvalue weighted by Crippen LogP contribution is 2.66. The van der Waals surface area contributed by atoms with Crippen LogP contribution in [0.5, 0.6) is 0 Å². The van der Waals surface area contributed by atoms with E-state index in [1.807, 2.05) is 6.07 Å². The summed E-state index contributed by atoms with van der Waals surface area (Å²) in [5, 5.41) is 8.27.